The van der Waals surface area contributed by atoms with Crippen molar-refractivity contribution < 1.29 is 9.90 Å². The average molecular weight is 273 g/mol. The zero-order valence-electron chi connectivity index (χ0n) is 11.5. The van der Waals surface area contributed by atoms with Crippen molar-refractivity contribution in [1.82, 2.24) is 14.6 Å². The molecule has 106 valence electrons. The van der Waals surface area contributed by atoms with Gasteiger partial charge in [-0.05, 0) is 24.5 Å². The summed E-state index contributed by atoms with van der Waals surface area (Å²) >= 11 is 0. The number of hydrogen-bond donors (Lipinski definition) is 1. The fourth-order valence-electron chi connectivity index (χ4n) is 2.97. The molecular formula is C15H19N3O2. The van der Waals surface area contributed by atoms with Crippen LogP contribution in [-0.2, 0) is 6.42 Å². The first-order chi connectivity index (χ1) is 9.72. The van der Waals surface area contributed by atoms with E-state index in [-0.39, 0.29) is 5.56 Å². The monoisotopic (exact) mass is 273 g/mol. The van der Waals surface area contributed by atoms with Gasteiger partial charge in [0.1, 0.15) is 0 Å². The van der Waals surface area contributed by atoms with Gasteiger partial charge in [0.05, 0.1) is 5.56 Å². The highest BCUT2D eigenvalue weighted by atomic mass is 16.4. The van der Waals surface area contributed by atoms with E-state index in [1.807, 2.05) is 0 Å². The number of aromatic carboxylic acids is 1. The molecule has 2 aromatic heterocycles. The molecule has 5 heteroatoms. The largest absolute Gasteiger partial charge is 0.478 e. The lowest BCUT2D eigenvalue weighted by atomic mass is 9.86. The fraction of sp³-hybridized carbons (Fsp3) is 0.533. The summed E-state index contributed by atoms with van der Waals surface area (Å²) in [6, 6.07) is 3.28. The van der Waals surface area contributed by atoms with E-state index in [0.29, 0.717) is 5.65 Å². The van der Waals surface area contributed by atoms with Crippen LogP contribution in [0.1, 0.15) is 54.7 Å². The second-order valence-corrected chi connectivity index (χ2v) is 5.60. The Labute approximate surface area is 117 Å². The Kier molecular flexibility index (Phi) is 3.67. The van der Waals surface area contributed by atoms with Gasteiger partial charge < -0.3 is 5.11 Å². The van der Waals surface area contributed by atoms with Crippen LogP contribution in [0.4, 0.5) is 0 Å². The second kappa shape index (κ2) is 5.61. The van der Waals surface area contributed by atoms with Gasteiger partial charge in [-0.2, -0.15) is 5.10 Å². The van der Waals surface area contributed by atoms with E-state index < -0.39 is 5.97 Å². The van der Waals surface area contributed by atoms with Crippen LogP contribution >= 0.6 is 0 Å². The molecule has 1 fully saturated rings. The lowest BCUT2D eigenvalue weighted by Crippen LogP contribution is -2.07. The van der Waals surface area contributed by atoms with Gasteiger partial charge in [-0.25, -0.2) is 14.3 Å². The minimum absolute atomic E-state index is 0.237. The molecule has 20 heavy (non-hydrogen) atoms. The summed E-state index contributed by atoms with van der Waals surface area (Å²) in [7, 11) is 0. The van der Waals surface area contributed by atoms with Crippen LogP contribution in [0, 0.1) is 5.92 Å². The van der Waals surface area contributed by atoms with Gasteiger partial charge in [0.25, 0.3) is 0 Å². The van der Waals surface area contributed by atoms with Crippen molar-refractivity contribution in [2.24, 2.45) is 5.92 Å². The van der Waals surface area contributed by atoms with Crippen molar-refractivity contribution in [2.75, 3.05) is 0 Å². The average Bonchev–Trinajstić information content (AvgIpc) is 2.88. The maximum Gasteiger partial charge on any atom is 0.337 e. The highest BCUT2D eigenvalue weighted by Crippen LogP contribution is 2.27. The third-order valence-corrected chi connectivity index (χ3v) is 4.12. The van der Waals surface area contributed by atoms with E-state index in [0.717, 1.165) is 24.6 Å². The summed E-state index contributed by atoms with van der Waals surface area (Å²) in [5, 5.41) is 13.3. The van der Waals surface area contributed by atoms with Gasteiger partial charge in [0.15, 0.2) is 11.5 Å². The minimum Gasteiger partial charge on any atom is -0.478 e. The summed E-state index contributed by atoms with van der Waals surface area (Å²) in [6.45, 7) is 0. The molecule has 0 aliphatic heterocycles. The van der Waals surface area contributed by atoms with Crippen LogP contribution < -0.4 is 0 Å². The number of rotatable bonds is 4. The molecule has 1 N–H and O–H groups in total. The maximum atomic E-state index is 10.9. The molecule has 0 bridgehead atoms. The molecule has 0 saturated heterocycles. The molecule has 1 aliphatic rings. The molecule has 0 radical (unpaired) electrons. The van der Waals surface area contributed by atoms with E-state index in [4.69, 9.17) is 5.11 Å². The van der Waals surface area contributed by atoms with Gasteiger partial charge in [0, 0.05) is 12.6 Å². The third-order valence-electron chi connectivity index (χ3n) is 4.12. The molecular weight excluding hydrogens is 254 g/mol. The molecule has 5 nitrogen and oxygen atoms in total. The zero-order chi connectivity index (χ0) is 13.9. The molecule has 0 atom stereocenters. The normalized spacial score (nSPS) is 16.6. The van der Waals surface area contributed by atoms with Crippen molar-refractivity contribution in [3.8, 4) is 0 Å². The summed E-state index contributed by atoms with van der Waals surface area (Å²) in [6.07, 6.45) is 10.3. The van der Waals surface area contributed by atoms with Gasteiger partial charge in [-0.15, -0.1) is 0 Å². The lowest BCUT2D eigenvalue weighted by molar-refractivity contribution is 0.0696. The molecule has 0 amide bonds. The number of aromatic nitrogens is 3. The number of fused-ring (bicyclic) bond motifs is 1. The number of carboxylic acid groups (broad SMARTS) is 1. The third kappa shape index (κ3) is 2.81. The topological polar surface area (TPSA) is 67.5 Å². The second-order valence-electron chi connectivity index (χ2n) is 5.60. The predicted octanol–water partition coefficient (Wildman–Crippen LogP) is 2.94. The summed E-state index contributed by atoms with van der Waals surface area (Å²) in [5.74, 6) is 0.689. The molecule has 0 unspecified atom stereocenters. The van der Waals surface area contributed by atoms with Crippen LogP contribution in [0.3, 0.4) is 0 Å². The minimum atomic E-state index is -0.939. The van der Waals surface area contributed by atoms with E-state index in [9.17, 15) is 4.79 Å². The Balaban J connectivity index is 1.70. The highest BCUT2D eigenvalue weighted by molar-refractivity contribution is 5.87. The van der Waals surface area contributed by atoms with Crippen LogP contribution in [0.5, 0.6) is 0 Å². The van der Waals surface area contributed by atoms with Gasteiger partial charge in [-0.3, -0.25) is 0 Å². The first-order valence-corrected chi connectivity index (χ1v) is 7.31. The predicted molar refractivity (Wildman–Crippen MR) is 74.8 cm³/mol. The standard InChI is InChI=1S/C15H19N3O2/c19-15(20)12-7-9-14-16-13(17-18(14)10-12)8-6-11-4-2-1-3-5-11/h7,9-11H,1-6,8H2,(H,19,20). The summed E-state index contributed by atoms with van der Waals surface area (Å²) in [4.78, 5) is 15.4. The number of carbonyl (C=O) groups is 1. The highest BCUT2D eigenvalue weighted by Gasteiger charge is 2.15. The Bertz CT molecular complexity index is 615. The summed E-state index contributed by atoms with van der Waals surface area (Å²) < 4.78 is 1.57. The number of carboxylic acids is 1. The molecule has 2 aromatic rings. The van der Waals surface area contributed by atoms with Crippen LogP contribution in [-0.4, -0.2) is 25.7 Å². The van der Waals surface area contributed by atoms with E-state index >= 15 is 0 Å². The fourth-order valence-corrected chi connectivity index (χ4v) is 2.97. The zero-order valence-corrected chi connectivity index (χ0v) is 11.5. The van der Waals surface area contributed by atoms with Crippen molar-refractivity contribution in [3.63, 3.8) is 0 Å². The maximum absolute atomic E-state index is 10.9. The SMILES string of the molecule is O=C(O)c1ccc2nc(CCC3CCCCC3)nn2c1. The molecule has 1 aliphatic carbocycles. The van der Waals surface area contributed by atoms with Gasteiger partial charge in [0.2, 0.25) is 0 Å². The van der Waals surface area contributed by atoms with Gasteiger partial charge >= 0.3 is 5.97 Å². The number of pyridine rings is 1. The van der Waals surface area contributed by atoms with Crippen molar-refractivity contribution >= 4 is 11.6 Å². The van der Waals surface area contributed by atoms with Crippen molar-refractivity contribution in [3.05, 3.63) is 29.7 Å². The van der Waals surface area contributed by atoms with Crippen molar-refractivity contribution in [2.45, 2.75) is 44.9 Å². The Morgan fingerprint density at radius 3 is 2.85 bits per heavy atom. The Morgan fingerprint density at radius 2 is 2.10 bits per heavy atom. The summed E-state index contributed by atoms with van der Waals surface area (Å²) in [5.41, 5.74) is 0.954. The van der Waals surface area contributed by atoms with Crippen LogP contribution in [0.25, 0.3) is 5.65 Å². The first kappa shape index (κ1) is 13.1. The van der Waals surface area contributed by atoms with Crippen LogP contribution in [0.2, 0.25) is 0 Å². The molecule has 0 spiro atoms. The van der Waals surface area contributed by atoms with E-state index in [2.05, 4.69) is 10.1 Å². The molecule has 3 rings (SSSR count). The van der Waals surface area contributed by atoms with E-state index in [1.54, 1.807) is 16.6 Å². The van der Waals surface area contributed by atoms with Gasteiger partial charge in [-0.1, -0.05) is 32.1 Å². The lowest BCUT2D eigenvalue weighted by Gasteiger charge is -2.20. The quantitative estimate of drug-likeness (QED) is 0.930. The molecule has 1 saturated carbocycles. The smallest absolute Gasteiger partial charge is 0.337 e. The molecule has 2 heterocycles. The molecule has 0 aromatic carbocycles. The Morgan fingerprint density at radius 1 is 1.30 bits per heavy atom. The van der Waals surface area contributed by atoms with Crippen molar-refractivity contribution in [1.29, 1.82) is 0 Å². The van der Waals surface area contributed by atoms with E-state index in [1.165, 1.54) is 38.3 Å². The van der Waals surface area contributed by atoms with Crippen LogP contribution in [0.15, 0.2) is 18.3 Å². The number of nitrogens with zero attached hydrogens (tertiary/aromatic N) is 3. The first-order valence-electron chi connectivity index (χ1n) is 7.31. The number of aryl methyl sites for hydroxylation is 1. The number of hydrogen-bond acceptors (Lipinski definition) is 3. The Hall–Kier alpha value is -1.91.